The van der Waals surface area contributed by atoms with Crippen molar-refractivity contribution < 1.29 is 27.3 Å². The Hall–Kier alpha value is -0.950. The first-order chi connectivity index (χ1) is 8.76. The summed E-state index contributed by atoms with van der Waals surface area (Å²) in [5, 5.41) is 0. The van der Waals surface area contributed by atoms with E-state index in [2.05, 4.69) is 0 Å². The minimum absolute atomic E-state index is 0.0372. The third-order valence-electron chi connectivity index (χ3n) is 4.57. The van der Waals surface area contributed by atoms with Crippen molar-refractivity contribution in [3.63, 3.8) is 0 Å². The molecular weight excluding hydrogens is 272 g/mol. The summed E-state index contributed by atoms with van der Waals surface area (Å²) >= 11 is 0. The molecule has 4 aliphatic rings. The van der Waals surface area contributed by atoms with Gasteiger partial charge in [0.15, 0.2) is 5.75 Å². The van der Waals surface area contributed by atoms with E-state index in [1.165, 1.54) is 0 Å². The van der Waals surface area contributed by atoms with Gasteiger partial charge in [0, 0.05) is 11.8 Å². The van der Waals surface area contributed by atoms with Crippen LogP contribution >= 0.6 is 0 Å². The van der Waals surface area contributed by atoms with Crippen molar-refractivity contribution in [1.82, 2.24) is 0 Å². The van der Waals surface area contributed by atoms with Crippen LogP contribution in [0.3, 0.4) is 0 Å². The van der Waals surface area contributed by atoms with Gasteiger partial charge >= 0.3 is 5.97 Å². The molecule has 0 aromatic carbocycles. The Kier molecular flexibility index (Phi) is 2.76. The largest absolute Gasteiger partial charge is 0.458 e. The van der Waals surface area contributed by atoms with Gasteiger partial charge in [-0.15, -0.1) is 0 Å². The number of carbonyl (C=O) groups excluding carboxylic acids is 2. The van der Waals surface area contributed by atoms with E-state index in [4.69, 9.17) is 9.29 Å². The quantitative estimate of drug-likeness (QED) is 0.602. The van der Waals surface area contributed by atoms with Crippen LogP contribution in [0.25, 0.3) is 0 Å². The monoisotopic (exact) mass is 288 g/mol. The van der Waals surface area contributed by atoms with E-state index in [0.717, 1.165) is 12.8 Å². The number of hydrogen-bond donors (Lipinski definition) is 1. The van der Waals surface area contributed by atoms with Crippen molar-refractivity contribution in [3.8, 4) is 0 Å². The maximum atomic E-state index is 12.0. The molecule has 0 aromatic heterocycles. The Morgan fingerprint density at radius 1 is 1.26 bits per heavy atom. The molecule has 2 atom stereocenters. The summed E-state index contributed by atoms with van der Waals surface area (Å²) in [5.74, 6) is -1.33. The molecule has 19 heavy (non-hydrogen) atoms. The molecule has 0 aromatic rings. The van der Waals surface area contributed by atoms with Crippen LogP contribution in [-0.2, 0) is 24.4 Å². The van der Waals surface area contributed by atoms with Crippen LogP contribution in [0.2, 0.25) is 0 Å². The zero-order valence-electron chi connectivity index (χ0n) is 10.4. The van der Waals surface area contributed by atoms with Crippen molar-refractivity contribution in [2.24, 2.45) is 17.8 Å². The minimum Gasteiger partial charge on any atom is -0.458 e. The van der Waals surface area contributed by atoms with Crippen molar-refractivity contribution in [1.29, 1.82) is 0 Å². The highest BCUT2D eigenvalue weighted by molar-refractivity contribution is 7.86. The molecule has 4 bridgehead atoms. The first kappa shape index (κ1) is 13.1. The van der Waals surface area contributed by atoms with Crippen molar-refractivity contribution in [3.05, 3.63) is 0 Å². The van der Waals surface area contributed by atoms with Gasteiger partial charge in [0.2, 0.25) is 0 Å². The summed E-state index contributed by atoms with van der Waals surface area (Å²) in [4.78, 5) is 23.5. The summed E-state index contributed by atoms with van der Waals surface area (Å²) in [6.45, 7) is 0. The molecule has 106 valence electrons. The topological polar surface area (TPSA) is 97.7 Å². The molecule has 4 aliphatic carbocycles. The number of esters is 1. The van der Waals surface area contributed by atoms with E-state index >= 15 is 0 Å². The highest BCUT2D eigenvalue weighted by atomic mass is 32.2. The number of rotatable bonds is 3. The van der Waals surface area contributed by atoms with Gasteiger partial charge in [-0.25, -0.2) is 0 Å². The smallest absolute Gasteiger partial charge is 0.324 e. The maximum Gasteiger partial charge on any atom is 0.324 e. The highest BCUT2D eigenvalue weighted by Gasteiger charge is 2.57. The van der Waals surface area contributed by atoms with Gasteiger partial charge in [0.25, 0.3) is 10.1 Å². The second kappa shape index (κ2) is 4.02. The summed E-state index contributed by atoms with van der Waals surface area (Å²) in [7, 11) is -4.36. The molecule has 4 rings (SSSR count). The fraction of sp³-hybridized carbons (Fsp3) is 0.833. The molecule has 0 spiro atoms. The molecule has 4 fully saturated rings. The molecule has 6 nitrogen and oxygen atoms in total. The lowest BCUT2D eigenvalue weighted by molar-refractivity contribution is -0.187. The fourth-order valence-corrected chi connectivity index (χ4v) is 4.58. The molecule has 4 saturated carbocycles. The van der Waals surface area contributed by atoms with Gasteiger partial charge in [-0.3, -0.25) is 14.1 Å². The number of ether oxygens (including phenoxy) is 1. The van der Waals surface area contributed by atoms with E-state index < -0.39 is 27.4 Å². The molecule has 0 amide bonds. The second-order valence-corrected chi connectivity index (χ2v) is 7.58. The second-order valence-electron chi connectivity index (χ2n) is 6.13. The lowest BCUT2D eigenvalue weighted by Gasteiger charge is -2.54. The number of hydrogen-bond acceptors (Lipinski definition) is 5. The van der Waals surface area contributed by atoms with E-state index in [-0.39, 0.29) is 17.6 Å². The molecule has 0 saturated heterocycles. The summed E-state index contributed by atoms with van der Waals surface area (Å²) in [6, 6.07) is 0. The average Bonchev–Trinajstić information content (AvgIpc) is 2.20. The molecule has 1 N–H and O–H groups in total. The van der Waals surface area contributed by atoms with Crippen LogP contribution in [0, 0.1) is 17.8 Å². The number of carbonyl (C=O) groups is 2. The van der Waals surface area contributed by atoms with Crippen molar-refractivity contribution >= 4 is 21.9 Å². The van der Waals surface area contributed by atoms with Gasteiger partial charge < -0.3 is 4.74 Å². The van der Waals surface area contributed by atoms with E-state index in [9.17, 15) is 18.0 Å². The summed E-state index contributed by atoms with van der Waals surface area (Å²) < 4.78 is 35.4. The van der Waals surface area contributed by atoms with Gasteiger partial charge in [-0.2, -0.15) is 8.42 Å². The molecule has 0 radical (unpaired) electrons. The van der Waals surface area contributed by atoms with Crippen LogP contribution in [0.4, 0.5) is 0 Å². The Bertz CT molecular complexity index is 518. The molecule has 0 aliphatic heterocycles. The molecule has 0 heterocycles. The molecule has 7 heteroatoms. The summed E-state index contributed by atoms with van der Waals surface area (Å²) in [5.41, 5.74) is -0.674. The first-order valence-corrected chi connectivity index (χ1v) is 8.08. The Morgan fingerprint density at radius 2 is 1.84 bits per heavy atom. The van der Waals surface area contributed by atoms with E-state index in [1.807, 2.05) is 0 Å². The SMILES string of the molecule is O=C(CS(=O)(=O)O)OC12CC3CC(C1)C(=O)C(C3)C2. The lowest BCUT2D eigenvalue weighted by atomic mass is 9.53. The van der Waals surface area contributed by atoms with Crippen LogP contribution < -0.4 is 0 Å². The molecule has 2 unspecified atom stereocenters. The lowest BCUT2D eigenvalue weighted by Crippen LogP contribution is -2.57. The third-order valence-corrected chi connectivity index (χ3v) is 5.17. The van der Waals surface area contributed by atoms with Crippen molar-refractivity contribution in [2.45, 2.75) is 37.7 Å². The third kappa shape index (κ3) is 2.41. The molecular formula is C12H16O6S. The van der Waals surface area contributed by atoms with Crippen LogP contribution in [0.15, 0.2) is 0 Å². The number of Topliss-reactive ketones (excluding diaryl/α,β-unsaturated/α-hetero) is 1. The Labute approximate surface area is 111 Å². The van der Waals surface area contributed by atoms with Gasteiger partial charge in [-0.05, 0) is 38.0 Å². The van der Waals surface area contributed by atoms with E-state index in [0.29, 0.717) is 25.2 Å². The standard InChI is InChI=1S/C12H16O6S/c13-10(6-19(15,16)17)18-12-3-7-1-8(4-12)11(14)9(2-7)5-12/h7-9H,1-6H2,(H,15,16,17). The average molecular weight is 288 g/mol. The Balaban J connectivity index is 1.75. The normalized spacial score (nSPS) is 40.5. The van der Waals surface area contributed by atoms with Crippen molar-refractivity contribution in [2.75, 3.05) is 5.75 Å². The zero-order chi connectivity index (χ0) is 13.8. The predicted octanol–water partition coefficient (Wildman–Crippen LogP) is 0.565. The van der Waals surface area contributed by atoms with E-state index in [1.54, 1.807) is 0 Å². The number of ketones is 1. The van der Waals surface area contributed by atoms with Crippen LogP contribution in [-0.4, -0.2) is 36.1 Å². The Morgan fingerprint density at radius 3 is 2.37 bits per heavy atom. The van der Waals surface area contributed by atoms with Gasteiger partial charge in [-0.1, -0.05) is 0 Å². The minimum atomic E-state index is -4.36. The van der Waals surface area contributed by atoms with Gasteiger partial charge in [0.05, 0.1) is 0 Å². The van der Waals surface area contributed by atoms with Gasteiger partial charge in [0.1, 0.15) is 11.4 Å². The highest BCUT2D eigenvalue weighted by Crippen LogP contribution is 2.55. The van der Waals surface area contributed by atoms with Crippen LogP contribution in [0.5, 0.6) is 0 Å². The summed E-state index contributed by atoms with van der Waals surface area (Å²) in [6.07, 6.45) is 3.47. The predicted molar refractivity (Wildman–Crippen MR) is 63.8 cm³/mol. The van der Waals surface area contributed by atoms with Crippen LogP contribution in [0.1, 0.15) is 32.1 Å². The maximum absolute atomic E-state index is 12.0. The first-order valence-electron chi connectivity index (χ1n) is 6.47. The fourth-order valence-electron chi connectivity index (χ4n) is 4.22. The zero-order valence-corrected chi connectivity index (χ0v) is 11.2.